The molecule has 0 unspecified atom stereocenters. The Morgan fingerprint density at radius 2 is 1.70 bits per heavy atom. The quantitative estimate of drug-likeness (QED) is 0.490. The maximum atomic E-state index is 5.54. The molecule has 4 aromatic rings. The van der Waals surface area contributed by atoms with Crippen molar-refractivity contribution in [1.29, 1.82) is 0 Å². The van der Waals surface area contributed by atoms with Gasteiger partial charge in [0.1, 0.15) is 22.8 Å². The minimum absolute atomic E-state index is 0.261. The van der Waals surface area contributed by atoms with Crippen LogP contribution in [0, 0.1) is 6.92 Å². The Bertz CT molecular complexity index is 1240. The molecule has 5 rings (SSSR count). The van der Waals surface area contributed by atoms with E-state index in [0.717, 1.165) is 44.4 Å². The van der Waals surface area contributed by atoms with Crippen molar-refractivity contribution in [2.45, 2.75) is 6.92 Å². The Morgan fingerprint density at radius 1 is 0.933 bits per heavy atom. The van der Waals surface area contributed by atoms with E-state index >= 15 is 0 Å². The van der Waals surface area contributed by atoms with Gasteiger partial charge in [0.05, 0.1) is 21.1 Å². The second-order valence-electron chi connectivity index (χ2n) is 8.49. The van der Waals surface area contributed by atoms with E-state index in [0.29, 0.717) is 0 Å². The monoisotopic (exact) mass is 401 g/mol. The summed E-state index contributed by atoms with van der Waals surface area (Å²) in [5.41, 5.74) is 6.22. The van der Waals surface area contributed by atoms with Crippen molar-refractivity contribution >= 4 is 22.8 Å². The fourth-order valence-electron chi connectivity index (χ4n) is 3.64. The molecule has 6 heteroatoms. The minimum Gasteiger partial charge on any atom is -0.454 e. The van der Waals surface area contributed by atoms with E-state index in [1.165, 1.54) is 11.3 Å². The molecule has 0 aliphatic carbocycles. The van der Waals surface area contributed by atoms with Crippen LogP contribution in [-0.2, 0) is 0 Å². The normalized spacial score (nSPS) is 13.1. The summed E-state index contributed by atoms with van der Waals surface area (Å²) >= 11 is 0. The van der Waals surface area contributed by atoms with Crippen LogP contribution < -0.4 is 19.3 Å². The molecule has 30 heavy (non-hydrogen) atoms. The number of benzene rings is 2. The molecule has 0 radical (unpaired) electrons. The number of nitrogens with one attached hydrogen (secondary N) is 1. The van der Waals surface area contributed by atoms with Crippen molar-refractivity contribution in [3.8, 4) is 22.8 Å². The van der Waals surface area contributed by atoms with Gasteiger partial charge >= 0.3 is 0 Å². The fourth-order valence-corrected chi connectivity index (χ4v) is 3.64. The summed E-state index contributed by atoms with van der Waals surface area (Å²) in [6.45, 7) is 2.34. The standard InChI is InChI=1S/C24H25N4O2/c1-16-11-12-27-22(13-16)26-23(17-5-8-19(9-6-17)28(2,3)4)24(27)25-18-7-10-20-21(14-18)30-15-29-20/h5-14,25H,15H2,1-4H3/q+1. The number of rotatable bonds is 4. The largest absolute Gasteiger partial charge is 0.454 e. The highest BCUT2D eigenvalue weighted by Gasteiger charge is 2.19. The molecule has 2 aromatic heterocycles. The molecule has 0 saturated heterocycles. The van der Waals surface area contributed by atoms with Crippen LogP contribution in [0.15, 0.2) is 60.8 Å². The molecular weight excluding hydrogens is 376 g/mol. The van der Waals surface area contributed by atoms with Crippen molar-refractivity contribution in [3.63, 3.8) is 0 Å². The lowest BCUT2D eigenvalue weighted by molar-refractivity contribution is 0.174. The van der Waals surface area contributed by atoms with Crippen molar-refractivity contribution in [1.82, 2.24) is 13.9 Å². The second-order valence-corrected chi connectivity index (χ2v) is 8.49. The van der Waals surface area contributed by atoms with Gasteiger partial charge in [0, 0.05) is 23.5 Å². The molecule has 1 N–H and O–H groups in total. The number of aryl methyl sites for hydroxylation is 1. The number of aromatic nitrogens is 2. The average Bonchev–Trinajstić information content (AvgIpc) is 3.31. The topological polar surface area (TPSA) is 47.8 Å². The highest BCUT2D eigenvalue weighted by Crippen LogP contribution is 2.37. The van der Waals surface area contributed by atoms with Crippen molar-refractivity contribution in [3.05, 3.63) is 66.4 Å². The second kappa shape index (κ2) is 6.78. The zero-order valence-electron chi connectivity index (χ0n) is 17.6. The Balaban J connectivity index is 1.61. The first-order valence-electron chi connectivity index (χ1n) is 9.96. The van der Waals surface area contributed by atoms with E-state index in [2.05, 4.69) is 80.4 Å². The van der Waals surface area contributed by atoms with E-state index in [4.69, 9.17) is 14.5 Å². The smallest absolute Gasteiger partial charge is 0.231 e. The zero-order valence-corrected chi connectivity index (χ0v) is 17.6. The number of hydrogen-bond acceptors (Lipinski definition) is 4. The van der Waals surface area contributed by atoms with Crippen LogP contribution >= 0.6 is 0 Å². The van der Waals surface area contributed by atoms with Gasteiger partial charge in [0.2, 0.25) is 6.79 Å². The van der Waals surface area contributed by atoms with Gasteiger partial charge in [-0.3, -0.25) is 8.88 Å². The van der Waals surface area contributed by atoms with Crippen molar-refractivity contribution in [2.24, 2.45) is 0 Å². The van der Waals surface area contributed by atoms with Crippen molar-refractivity contribution < 1.29 is 9.47 Å². The van der Waals surface area contributed by atoms with Crippen LogP contribution in [0.4, 0.5) is 17.2 Å². The van der Waals surface area contributed by atoms with Crippen LogP contribution in [0.25, 0.3) is 16.9 Å². The Hall–Kier alpha value is -3.51. The highest BCUT2D eigenvalue weighted by atomic mass is 16.7. The number of quaternary nitrogens is 1. The van der Waals surface area contributed by atoms with Crippen LogP contribution in [0.2, 0.25) is 0 Å². The van der Waals surface area contributed by atoms with E-state index in [1.54, 1.807) is 0 Å². The highest BCUT2D eigenvalue weighted by molar-refractivity contribution is 5.80. The van der Waals surface area contributed by atoms with E-state index in [9.17, 15) is 0 Å². The number of anilines is 2. The maximum absolute atomic E-state index is 5.54. The molecule has 3 heterocycles. The van der Waals surface area contributed by atoms with E-state index < -0.39 is 0 Å². The maximum Gasteiger partial charge on any atom is 0.231 e. The first-order valence-corrected chi connectivity index (χ1v) is 9.96. The zero-order chi connectivity index (χ0) is 20.9. The molecule has 2 aromatic carbocycles. The lowest BCUT2D eigenvalue weighted by Gasteiger charge is -2.23. The number of ether oxygens (including phenoxy) is 2. The first kappa shape index (κ1) is 18.5. The van der Waals surface area contributed by atoms with Gasteiger partial charge in [-0.25, -0.2) is 4.98 Å². The summed E-state index contributed by atoms with van der Waals surface area (Å²) in [6.07, 6.45) is 2.05. The van der Waals surface area contributed by atoms with E-state index in [1.807, 2.05) is 18.2 Å². The third kappa shape index (κ3) is 3.25. The fraction of sp³-hybridized carbons (Fsp3) is 0.208. The third-order valence-electron chi connectivity index (χ3n) is 5.33. The summed E-state index contributed by atoms with van der Waals surface area (Å²) in [5, 5.41) is 3.55. The Kier molecular flexibility index (Phi) is 4.18. The van der Waals surface area contributed by atoms with Gasteiger partial charge in [0.15, 0.2) is 11.5 Å². The summed E-state index contributed by atoms with van der Waals surface area (Å²) in [6, 6.07) is 18.7. The van der Waals surface area contributed by atoms with Crippen LogP contribution in [0.1, 0.15) is 5.56 Å². The molecule has 0 amide bonds. The molecule has 6 nitrogen and oxygen atoms in total. The lowest BCUT2D eigenvalue weighted by atomic mass is 10.1. The minimum atomic E-state index is 0.261. The van der Waals surface area contributed by atoms with E-state index in [-0.39, 0.29) is 6.79 Å². The van der Waals surface area contributed by atoms with Gasteiger partial charge in [-0.1, -0.05) is 0 Å². The number of fused-ring (bicyclic) bond motifs is 2. The number of hydrogen-bond donors (Lipinski definition) is 1. The molecule has 152 valence electrons. The van der Waals surface area contributed by atoms with Gasteiger partial charge < -0.3 is 14.8 Å². The first-order chi connectivity index (χ1) is 14.4. The number of pyridine rings is 1. The third-order valence-corrected chi connectivity index (χ3v) is 5.33. The average molecular weight is 401 g/mol. The van der Waals surface area contributed by atoms with Gasteiger partial charge in [-0.05, 0) is 61.0 Å². The number of imidazole rings is 1. The molecular formula is C24H25N4O2+. The Morgan fingerprint density at radius 3 is 2.47 bits per heavy atom. The van der Waals surface area contributed by atoms with Gasteiger partial charge in [0.25, 0.3) is 0 Å². The van der Waals surface area contributed by atoms with Gasteiger partial charge in [-0.2, -0.15) is 0 Å². The molecule has 0 atom stereocenters. The molecule has 0 saturated carbocycles. The van der Waals surface area contributed by atoms with Crippen LogP contribution in [-0.4, -0.2) is 37.3 Å². The van der Waals surface area contributed by atoms with Crippen LogP contribution in [0.3, 0.4) is 0 Å². The Labute approximate surface area is 175 Å². The summed E-state index contributed by atoms with van der Waals surface area (Å²) in [5.74, 6) is 2.44. The molecule has 1 aliphatic rings. The lowest BCUT2D eigenvalue weighted by Crippen LogP contribution is -2.34. The summed E-state index contributed by atoms with van der Waals surface area (Å²) in [7, 11) is 6.49. The van der Waals surface area contributed by atoms with Crippen molar-refractivity contribution in [2.75, 3.05) is 33.3 Å². The predicted octanol–water partition coefficient (Wildman–Crippen LogP) is 4.98. The van der Waals surface area contributed by atoms with Crippen LogP contribution in [0.5, 0.6) is 11.5 Å². The number of nitrogens with zero attached hydrogens (tertiary/aromatic N) is 3. The molecule has 1 aliphatic heterocycles. The molecule has 0 spiro atoms. The molecule has 0 bridgehead atoms. The SMILES string of the molecule is Cc1ccn2c(Nc3ccc4c(c3)OCO4)c(-c3ccc([N+](C)(C)C)cc3)nc2c1. The molecule has 0 fully saturated rings. The summed E-state index contributed by atoms with van der Waals surface area (Å²) in [4.78, 5) is 4.94. The summed E-state index contributed by atoms with van der Waals surface area (Å²) < 4.78 is 13.8. The predicted molar refractivity (Wildman–Crippen MR) is 121 cm³/mol. The van der Waals surface area contributed by atoms with Gasteiger partial charge in [-0.15, -0.1) is 0 Å².